The number of likely N-dealkylation sites (N-methyl/N-ethyl adjacent to an activating group) is 1. The molecule has 1 unspecified atom stereocenters. The van der Waals surface area contributed by atoms with Crippen LogP contribution in [0.2, 0.25) is 0 Å². The summed E-state index contributed by atoms with van der Waals surface area (Å²) in [6.07, 6.45) is 1.70. The number of nitrogens with one attached hydrogen (secondary N) is 1. The van der Waals surface area contributed by atoms with E-state index in [4.69, 9.17) is 4.42 Å². The molecule has 23 heavy (non-hydrogen) atoms. The lowest BCUT2D eigenvalue weighted by Gasteiger charge is -2.28. The molecule has 0 amide bonds. The lowest BCUT2D eigenvalue weighted by atomic mass is 10.1. The summed E-state index contributed by atoms with van der Waals surface area (Å²) in [6, 6.07) is 11.7. The van der Waals surface area contributed by atoms with E-state index in [0.717, 1.165) is 30.0 Å². The van der Waals surface area contributed by atoms with Crippen LogP contribution in [0.25, 0.3) is 0 Å². The normalized spacial score (nSPS) is 12.5. The fraction of sp³-hybridized carbons (Fsp3) is 0.421. The summed E-state index contributed by atoms with van der Waals surface area (Å²) >= 11 is 0. The van der Waals surface area contributed by atoms with Gasteiger partial charge in [-0.05, 0) is 32.1 Å². The maximum atomic E-state index is 12.2. The minimum Gasteiger partial charge on any atom is -0.468 e. The van der Waals surface area contributed by atoms with Gasteiger partial charge in [0.15, 0.2) is 5.78 Å². The van der Waals surface area contributed by atoms with Gasteiger partial charge in [-0.3, -0.25) is 9.69 Å². The maximum absolute atomic E-state index is 12.2. The van der Waals surface area contributed by atoms with E-state index in [0.29, 0.717) is 13.1 Å². The Morgan fingerprint density at radius 2 is 1.87 bits per heavy atom. The third kappa shape index (κ3) is 4.78. The number of hydrogen-bond donors (Lipinski definition) is 1. The highest BCUT2D eigenvalue weighted by Gasteiger charge is 2.20. The number of benzene rings is 1. The van der Waals surface area contributed by atoms with Crippen LogP contribution in [0.15, 0.2) is 47.1 Å². The minimum absolute atomic E-state index is 0.114. The van der Waals surface area contributed by atoms with Crippen LogP contribution in [0.5, 0.6) is 0 Å². The Hall–Kier alpha value is -1.91. The average Bonchev–Trinajstić information content (AvgIpc) is 3.09. The molecule has 4 nitrogen and oxygen atoms in total. The monoisotopic (exact) mass is 314 g/mol. The summed E-state index contributed by atoms with van der Waals surface area (Å²) in [5.74, 6) is 1.05. The van der Waals surface area contributed by atoms with Crippen LogP contribution in [0.4, 0.5) is 0 Å². The van der Waals surface area contributed by atoms with Gasteiger partial charge >= 0.3 is 0 Å². The Bertz CT molecular complexity index is 586. The van der Waals surface area contributed by atoms with Crippen molar-refractivity contribution in [2.75, 3.05) is 26.2 Å². The molecule has 0 aliphatic heterocycles. The van der Waals surface area contributed by atoms with E-state index in [1.165, 1.54) is 0 Å². The van der Waals surface area contributed by atoms with Crippen LogP contribution < -0.4 is 5.32 Å². The highest BCUT2D eigenvalue weighted by atomic mass is 16.3. The van der Waals surface area contributed by atoms with Gasteiger partial charge in [0.1, 0.15) is 5.76 Å². The van der Waals surface area contributed by atoms with E-state index >= 15 is 0 Å². The number of carbonyl (C=O) groups is 1. The van der Waals surface area contributed by atoms with E-state index in [1.807, 2.05) is 43.3 Å². The Balaban J connectivity index is 1.93. The van der Waals surface area contributed by atoms with Crippen molar-refractivity contribution in [1.29, 1.82) is 0 Å². The van der Waals surface area contributed by atoms with Crippen LogP contribution in [0.1, 0.15) is 41.6 Å². The number of rotatable bonds is 9. The smallest absolute Gasteiger partial charge is 0.176 e. The molecule has 0 saturated carbocycles. The number of furan rings is 1. The summed E-state index contributed by atoms with van der Waals surface area (Å²) in [5.41, 5.74) is 1.91. The minimum atomic E-state index is 0.114. The fourth-order valence-corrected chi connectivity index (χ4v) is 2.72. The molecule has 124 valence electrons. The lowest BCUT2D eigenvalue weighted by molar-refractivity contribution is 0.0985. The molecule has 2 aromatic rings. The molecule has 4 heteroatoms. The number of ketones is 1. The SMILES string of the molecule is CCN(CC)C(CNCC(=O)c1ccc(C)cc1)c1ccco1. The summed E-state index contributed by atoms with van der Waals surface area (Å²) in [6.45, 7) is 9.19. The zero-order valence-corrected chi connectivity index (χ0v) is 14.2. The van der Waals surface area contributed by atoms with Crippen molar-refractivity contribution >= 4 is 5.78 Å². The number of hydrogen-bond acceptors (Lipinski definition) is 4. The Labute approximate surface area is 138 Å². The molecular weight excluding hydrogens is 288 g/mol. The molecule has 0 saturated heterocycles. The standard InChI is InChI=1S/C19H26N2O2/c1-4-21(5-2)17(19-7-6-12-23-19)13-20-14-18(22)16-10-8-15(3)9-11-16/h6-12,17,20H,4-5,13-14H2,1-3H3. The first-order valence-corrected chi connectivity index (χ1v) is 8.23. The van der Waals surface area contributed by atoms with Crippen molar-refractivity contribution in [1.82, 2.24) is 10.2 Å². The van der Waals surface area contributed by atoms with Crippen LogP contribution in [-0.2, 0) is 0 Å². The first-order chi connectivity index (χ1) is 11.2. The molecule has 1 N–H and O–H groups in total. The summed E-state index contributed by atoms with van der Waals surface area (Å²) in [4.78, 5) is 14.6. The molecule has 1 heterocycles. The van der Waals surface area contributed by atoms with Crippen molar-refractivity contribution in [2.24, 2.45) is 0 Å². The van der Waals surface area contributed by atoms with Gasteiger partial charge in [-0.1, -0.05) is 43.7 Å². The van der Waals surface area contributed by atoms with Crippen molar-refractivity contribution in [3.8, 4) is 0 Å². The van der Waals surface area contributed by atoms with E-state index < -0.39 is 0 Å². The van der Waals surface area contributed by atoms with Crippen LogP contribution in [0.3, 0.4) is 0 Å². The summed E-state index contributed by atoms with van der Waals surface area (Å²) in [7, 11) is 0. The van der Waals surface area contributed by atoms with Gasteiger partial charge in [-0.25, -0.2) is 0 Å². The first kappa shape index (κ1) is 17.4. The molecule has 0 aliphatic carbocycles. The molecule has 0 aliphatic rings. The number of Topliss-reactive ketones (excluding diaryl/α,β-unsaturated/α-hetero) is 1. The number of aryl methyl sites for hydroxylation is 1. The van der Waals surface area contributed by atoms with Gasteiger partial charge in [0, 0.05) is 12.1 Å². The molecule has 0 bridgehead atoms. The predicted molar refractivity (Wildman–Crippen MR) is 92.7 cm³/mol. The topological polar surface area (TPSA) is 45.5 Å². The fourth-order valence-electron chi connectivity index (χ4n) is 2.72. The van der Waals surface area contributed by atoms with Crippen molar-refractivity contribution in [3.05, 3.63) is 59.5 Å². The van der Waals surface area contributed by atoms with Crippen LogP contribution in [0, 0.1) is 6.92 Å². The molecule has 2 rings (SSSR count). The Morgan fingerprint density at radius 1 is 1.17 bits per heavy atom. The van der Waals surface area contributed by atoms with Crippen LogP contribution in [-0.4, -0.2) is 36.9 Å². The van der Waals surface area contributed by atoms with Crippen molar-refractivity contribution in [2.45, 2.75) is 26.8 Å². The molecule has 0 radical (unpaired) electrons. The highest BCUT2D eigenvalue weighted by Crippen LogP contribution is 2.20. The summed E-state index contributed by atoms with van der Waals surface area (Å²) < 4.78 is 5.57. The van der Waals surface area contributed by atoms with Gasteiger partial charge in [0.2, 0.25) is 0 Å². The molecular formula is C19H26N2O2. The largest absolute Gasteiger partial charge is 0.468 e. The second-order valence-corrected chi connectivity index (χ2v) is 5.67. The molecule has 0 spiro atoms. The van der Waals surface area contributed by atoms with Gasteiger partial charge in [-0.2, -0.15) is 0 Å². The molecule has 1 aromatic carbocycles. The molecule has 1 aromatic heterocycles. The van der Waals surface area contributed by atoms with E-state index in [-0.39, 0.29) is 11.8 Å². The van der Waals surface area contributed by atoms with Gasteiger partial charge < -0.3 is 9.73 Å². The van der Waals surface area contributed by atoms with Crippen molar-refractivity contribution in [3.63, 3.8) is 0 Å². The average molecular weight is 314 g/mol. The quantitative estimate of drug-likeness (QED) is 0.720. The lowest BCUT2D eigenvalue weighted by Crippen LogP contribution is -2.37. The predicted octanol–water partition coefficient (Wildman–Crippen LogP) is 3.44. The Morgan fingerprint density at radius 3 is 2.43 bits per heavy atom. The zero-order chi connectivity index (χ0) is 16.7. The third-order valence-electron chi connectivity index (χ3n) is 4.12. The maximum Gasteiger partial charge on any atom is 0.176 e. The van der Waals surface area contributed by atoms with Gasteiger partial charge in [-0.15, -0.1) is 0 Å². The number of carbonyl (C=O) groups excluding carboxylic acids is 1. The number of nitrogens with zero attached hydrogens (tertiary/aromatic N) is 1. The first-order valence-electron chi connectivity index (χ1n) is 8.23. The van der Waals surface area contributed by atoms with E-state index in [9.17, 15) is 4.79 Å². The van der Waals surface area contributed by atoms with E-state index in [2.05, 4.69) is 24.1 Å². The van der Waals surface area contributed by atoms with Crippen LogP contribution >= 0.6 is 0 Å². The molecule has 0 fully saturated rings. The Kier molecular flexibility index (Phi) is 6.56. The second-order valence-electron chi connectivity index (χ2n) is 5.67. The zero-order valence-electron chi connectivity index (χ0n) is 14.2. The molecule has 1 atom stereocenters. The third-order valence-corrected chi connectivity index (χ3v) is 4.12. The van der Waals surface area contributed by atoms with E-state index in [1.54, 1.807) is 6.26 Å². The summed E-state index contributed by atoms with van der Waals surface area (Å²) in [5, 5.41) is 3.28. The second kappa shape index (κ2) is 8.65. The van der Waals surface area contributed by atoms with Crippen molar-refractivity contribution < 1.29 is 9.21 Å². The van der Waals surface area contributed by atoms with Gasteiger partial charge in [0.05, 0.1) is 18.8 Å². The highest BCUT2D eigenvalue weighted by molar-refractivity contribution is 5.97. The van der Waals surface area contributed by atoms with Gasteiger partial charge in [0.25, 0.3) is 0 Å².